The molecule has 0 aromatic carbocycles. The molecule has 9 heteroatoms. The lowest BCUT2D eigenvalue weighted by Crippen LogP contribution is -2.51. The number of rotatable bonds is 4. The summed E-state index contributed by atoms with van der Waals surface area (Å²) in [7, 11) is 0. The molecule has 8 nitrogen and oxygen atoms in total. The van der Waals surface area contributed by atoms with Gasteiger partial charge in [-0.25, -0.2) is 19.2 Å². The normalized spacial score (nSPS) is 16.6. The van der Waals surface area contributed by atoms with Crippen LogP contribution in [0.15, 0.2) is 47.5 Å². The van der Waals surface area contributed by atoms with E-state index in [1.807, 2.05) is 4.90 Å². The summed E-state index contributed by atoms with van der Waals surface area (Å²) in [6, 6.07) is 5.26. The summed E-state index contributed by atoms with van der Waals surface area (Å²) in [4.78, 5) is 21.8. The van der Waals surface area contributed by atoms with Gasteiger partial charge in [-0.15, -0.1) is 0 Å². The average molecular weight is 357 g/mol. The molecule has 0 unspecified atom stereocenters. The van der Waals surface area contributed by atoms with Crippen LogP contribution in [0.25, 0.3) is 11.5 Å². The molecule has 26 heavy (non-hydrogen) atoms. The largest absolute Gasteiger partial charge is 0.479 e. The van der Waals surface area contributed by atoms with Gasteiger partial charge in [-0.1, -0.05) is 0 Å². The summed E-state index contributed by atoms with van der Waals surface area (Å²) in [6.45, 7) is 0.849. The van der Waals surface area contributed by atoms with Crippen LogP contribution in [0.2, 0.25) is 0 Å². The Labute approximate surface area is 147 Å². The van der Waals surface area contributed by atoms with Crippen molar-refractivity contribution in [2.24, 2.45) is 0 Å². The Hall–Kier alpha value is -3.23. The molecule has 1 saturated heterocycles. The van der Waals surface area contributed by atoms with Crippen LogP contribution in [0.4, 0.5) is 10.3 Å². The molecule has 1 N–H and O–H groups in total. The fourth-order valence-electron chi connectivity index (χ4n) is 3.20. The smallest absolute Gasteiger partial charge is 0.331 e. The topological polar surface area (TPSA) is 97.3 Å². The number of furan rings is 1. The Balaban J connectivity index is 1.57. The second kappa shape index (κ2) is 6.25. The molecule has 134 valence electrons. The maximum Gasteiger partial charge on any atom is 0.331 e. The van der Waals surface area contributed by atoms with E-state index >= 15 is 0 Å². The van der Waals surface area contributed by atoms with Gasteiger partial charge in [-0.2, -0.15) is 5.10 Å². The second-order valence-electron chi connectivity index (χ2n) is 6.15. The van der Waals surface area contributed by atoms with E-state index in [1.54, 1.807) is 30.7 Å². The van der Waals surface area contributed by atoms with Crippen LogP contribution in [0.3, 0.4) is 0 Å². The molecule has 0 amide bonds. The highest BCUT2D eigenvalue weighted by Crippen LogP contribution is 2.32. The first kappa shape index (κ1) is 16.2. The van der Waals surface area contributed by atoms with Gasteiger partial charge < -0.3 is 14.4 Å². The van der Waals surface area contributed by atoms with E-state index in [1.165, 1.54) is 4.68 Å². The molecule has 1 fully saturated rings. The standard InChI is InChI=1S/C17H16FN5O3/c18-12-10-19-16(20-11-12)22-7-4-17(5-8-22,15(24)25)23-6-3-13(21-23)14-2-1-9-26-14/h1-3,6,9-11H,4-5,7-8H2,(H,24,25). The SMILES string of the molecule is O=C(O)C1(n2ccc(-c3ccco3)n2)CCN(c2ncc(F)cn2)CC1. The van der Waals surface area contributed by atoms with E-state index in [4.69, 9.17) is 4.42 Å². The van der Waals surface area contributed by atoms with Crippen LogP contribution in [0.5, 0.6) is 0 Å². The summed E-state index contributed by atoms with van der Waals surface area (Å²) in [5.41, 5.74) is -0.568. The lowest BCUT2D eigenvalue weighted by molar-refractivity contribution is -0.149. The minimum absolute atomic E-state index is 0.322. The molecule has 1 aliphatic heterocycles. The molecule has 4 rings (SSSR count). The number of halogens is 1. The number of aromatic nitrogens is 4. The molecule has 4 heterocycles. The van der Waals surface area contributed by atoms with Crippen LogP contribution in [-0.4, -0.2) is 43.9 Å². The van der Waals surface area contributed by atoms with Crippen LogP contribution in [0, 0.1) is 5.82 Å². The highest BCUT2D eigenvalue weighted by Gasteiger charge is 2.44. The Morgan fingerprint density at radius 2 is 1.96 bits per heavy atom. The van der Waals surface area contributed by atoms with Gasteiger partial charge in [0, 0.05) is 32.1 Å². The third-order valence-electron chi connectivity index (χ3n) is 4.68. The van der Waals surface area contributed by atoms with Gasteiger partial charge in [-0.05, 0) is 18.2 Å². The van der Waals surface area contributed by atoms with Crippen molar-refractivity contribution < 1.29 is 18.7 Å². The van der Waals surface area contributed by atoms with Crippen LogP contribution in [-0.2, 0) is 10.3 Å². The lowest BCUT2D eigenvalue weighted by Gasteiger charge is -2.38. The molecule has 0 bridgehead atoms. The van der Waals surface area contributed by atoms with Crippen molar-refractivity contribution in [3.05, 3.63) is 48.9 Å². The van der Waals surface area contributed by atoms with Gasteiger partial charge in [0.1, 0.15) is 5.69 Å². The Morgan fingerprint density at radius 1 is 1.23 bits per heavy atom. The zero-order chi connectivity index (χ0) is 18.1. The molecule has 3 aromatic rings. The molecule has 1 aliphatic rings. The van der Waals surface area contributed by atoms with Crippen LogP contribution < -0.4 is 4.90 Å². The monoisotopic (exact) mass is 357 g/mol. The molecule has 0 radical (unpaired) electrons. The van der Waals surface area contributed by atoms with Crippen LogP contribution in [0.1, 0.15) is 12.8 Å². The zero-order valence-electron chi connectivity index (χ0n) is 13.7. The van der Waals surface area contributed by atoms with Crippen molar-refractivity contribution in [2.75, 3.05) is 18.0 Å². The molecule has 0 spiro atoms. The maximum atomic E-state index is 13.0. The van der Waals surface area contributed by atoms with E-state index in [9.17, 15) is 14.3 Å². The van der Waals surface area contributed by atoms with Gasteiger partial charge in [0.25, 0.3) is 0 Å². The average Bonchev–Trinajstić information content (AvgIpc) is 3.34. The van der Waals surface area contributed by atoms with Crippen molar-refractivity contribution >= 4 is 11.9 Å². The van der Waals surface area contributed by atoms with Gasteiger partial charge in [0.2, 0.25) is 5.95 Å². The first-order valence-corrected chi connectivity index (χ1v) is 8.14. The van der Waals surface area contributed by atoms with E-state index < -0.39 is 17.3 Å². The summed E-state index contributed by atoms with van der Waals surface area (Å²) < 4.78 is 19.8. The number of hydrogen-bond donors (Lipinski definition) is 1. The fourth-order valence-corrected chi connectivity index (χ4v) is 3.20. The number of nitrogens with zero attached hydrogens (tertiary/aromatic N) is 5. The van der Waals surface area contributed by atoms with Crippen molar-refractivity contribution in [2.45, 2.75) is 18.4 Å². The van der Waals surface area contributed by atoms with E-state index in [2.05, 4.69) is 15.1 Å². The molecule has 0 aliphatic carbocycles. The Morgan fingerprint density at radius 3 is 2.58 bits per heavy atom. The van der Waals surface area contributed by atoms with Gasteiger partial charge in [0.15, 0.2) is 17.1 Å². The van der Waals surface area contributed by atoms with Crippen molar-refractivity contribution in [3.8, 4) is 11.5 Å². The Kier molecular flexibility index (Phi) is 3.90. The number of anilines is 1. The third-order valence-corrected chi connectivity index (χ3v) is 4.68. The quantitative estimate of drug-likeness (QED) is 0.764. The summed E-state index contributed by atoms with van der Waals surface area (Å²) in [5.74, 6) is -0.470. The third kappa shape index (κ3) is 2.71. The van der Waals surface area contributed by atoms with E-state index in [0.717, 1.165) is 12.4 Å². The van der Waals surface area contributed by atoms with Crippen molar-refractivity contribution in [3.63, 3.8) is 0 Å². The van der Waals surface area contributed by atoms with Gasteiger partial charge in [0.05, 0.1) is 18.7 Å². The van der Waals surface area contributed by atoms with Crippen molar-refractivity contribution in [1.82, 2.24) is 19.7 Å². The maximum absolute atomic E-state index is 13.0. The fraction of sp³-hybridized carbons (Fsp3) is 0.294. The second-order valence-corrected chi connectivity index (χ2v) is 6.15. The summed E-state index contributed by atoms with van der Waals surface area (Å²) >= 11 is 0. The minimum Gasteiger partial charge on any atom is -0.479 e. The highest BCUT2D eigenvalue weighted by molar-refractivity contribution is 5.77. The minimum atomic E-state index is -1.15. The van der Waals surface area contributed by atoms with Gasteiger partial charge in [-0.3, -0.25) is 4.68 Å². The lowest BCUT2D eigenvalue weighted by atomic mass is 9.88. The number of carbonyl (C=O) groups is 1. The number of carboxylic acids is 1. The molecule has 0 atom stereocenters. The van der Waals surface area contributed by atoms with Crippen LogP contribution >= 0.6 is 0 Å². The predicted octanol–water partition coefficient (Wildman–Crippen LogP) is 2.15. The van der Waals surface area contributed by atoms with Gasteiger partial charge >= 0.3 is 5.97 Å². The Bertz CT molecular complexity index is 899. The number of piperidine rings is 1. The number of hydrogen-bond acceptors (Lipinski definition) is 6. The first-order valence-electron chi connectivity index (χ1n) is 8.14. The predicted molar refractivity (Wildman–Crippen MR) is 89.0 cm³/mol. The van der Waals surface area contributed by atoms with E-state index in [0.29, 0.717) is 43.3 Å². The number of carboxylic acid groups (broad SMARTS) is 1. The van der Waals surface area contributed by atoms with Crippen molar-refractivity contribution in [1.29, 1.82) is 0 Å². The summed E-state index contributed by atoms with van der Waals surface area (Å²) in [6.07, 6.45) is 6.05. The number of aliphatic carboxylic acids is 1. The molecular weight excluding hydrogens is 341 g/mol. The first-order chi connectivity index (χ1) is 12.6. The summed E-state index contributed by atoms with van der Waals surface area (Å²) in [5, 5.41) is 14.3. The molecule has 0 saturated carbocycles. The zero-order valence-corrected chi connectivity index (χ0v) is 13.7. The molecular formula is C17H16FN5O3. The highest BCUT2D eigenvalue weighted by atomic mass is 19.1. The molecule has 3 aromatic heterocycles. The van der Waals surface area contributed by atoms with E-state index in [-0.39, 0.29) is 0 Å².